The number of carboxylic acids is 1. The van der Waals surface area contributed by atoms with Crippen LogP contribution in [0.4, 0.5) is 0 Å². The van der Waals surface area contributed by atoms with Gasteiger partial charge in [0.2, 0.25) is 5.88 Å². The zero-order valence-corrected chi connectivity index (χ0v) is 12.2. The van der Waals surface area contributed by atoms with E-state index < -0.39 is 12.0 Å². The number of carbonyl (C=O) groups is 1. The fourth-order valence-corrected chi connectivity index (χ4v) is 2.21. The van der Waals surface area contributed by atoms with Crippen LogP contribution < -0.4 is 10.5 Å². The molecule has 0 unspecified atom stereocenters. The second-order valence-corrected chi connectivity index (χ2v) is 5.11. The van der Waals surface area contributed by atoms with Gasteiger partial charge in [-0.15, -0.1) is 0 Å². The van der Waals surface area contributed by atoms with Gasteiger partial charge in [-0.1, -0.05) is 12.1 Å². The van der Waals surface area contributed by atoms with Crippen molar-refractivity contribution in [2.24, 2.45) is 5.73 Å². The zero-order valence-electron chi connectivity index (χ0n) is 12.2. The van der Waals surface area contributed by atoms with Crippen LogP contribution in [0.2, 0.25) is 0 Å². The van der Waals surface area contributed by atoms with E-state index in [9.17, 15) is 4.79 Å². The molecule has 0 fully saturated rings. The Morgan fingerprint density at radius 1 is 1.17 bits per heavy atom. The third-order valence-electron chi connectivity index (χ3n) is 3.44. The van der Waals surface area contributed by atoms with Gasteiger partial charge < -0.3 is 15.6 Å². The van der Waals surface area contributed by atoms with Crippen LogP contribution in [0.25, 0.3) is 10.8 Å². The number of nitrogens with two attached hydrogens (primary N) is 1. The third-order valence-corrected chi connectivity index (χ3v) is 3.44. The van der Waals surface area contributed by atoms with E-state index in [4.69, 9.17) is 15.6 Å². The van der Waals surface area contributed by atoms with Crippen LogP contribution in [0.3, 0.4) is 0 Å². The van der Waals surface area contributed by atoms with Crippen LogP contribution >= 0.6 is 0 Å². The maximum Gasteiger partial charge on any atom is 0.320 e. The van der Waals surface area contributed by atoms with E-state index >= 15 is 0 Å². The molecule has 3 aromatic rings. The number of aliphatic carboxylic acids is 1. The van der Waals surface area contributed by atoms with Crippen LogP contribution in [0.15, 0.2) is 55.0 Å². The van der Waals surface area contributed by atoms with Gasteiger partial charge in [-0.2, -0.15) is 0 Å². The quantitative estimate of drug-likeness (QED) is 0.751. The lowest BCUT2D eigenvalue weighted by Crippen LogP contribution is -2.32. The van der Waals surface area contributed by atoms with Gasteiger partial charge in [0.1, 0.15) is 11.8 Å². The van der Waals surface area contributed by atoms with Gasteiger partial charge in [0, 0.05) is 18.6 Å². The first kappa shape index (κ1) is 14.9. The summed E-state index contributed by atoms with van der Waals surface area (Å²) < 4.78 is 5.80. The number of rotatable bonds is 5. The van der Waals surface area contributed by atoms with Crippen LogP contribution in [-0.2, 0) is 11.2 Å². The first-order valence-electron chi connectivity index (χ1n) is 7.07. The minimum absolute atomic E-state index is 0.270. The second-order valence-electron chi connectivity index (χ2n) is 5.11. The number of aromatic nitrogens is 2. The van der Waals surface area contributed by atoms with Crippen molar-refractivity contribution in [3.63, 3.8) is 0 Å². The highest BCUT2D eigenvalue weighted by atomic mass is 16.5. The summed E-state index contributed by atoms with van der Waals surface area (Å²) in [5.74, 6) is 0.0740. The molecule has 2 aromatic heterocycles. The fraction of sp³-hybridized carbons (Fsp3) is 0.118. The maximum absolute atomic E-state index is 10.8. The van der Waals surface area contributed by atoms with Crippen molar-refractivity contribution >= 4 is 16.7 Å². The van der Waals surface area contributed by atoms with Gasteiger partial charge >= 0.3 is 5.97 Å². The Labute approximate surface area is 132 Å². The van der Waals surface area contributed by atoms with Gasteiger partial charge in [-0.05, 0) is 41.6 Å². The summed E-state index contributed by atoms with van der Waals surface area (Å²) in [6, 6.07) is 9.98. The summed E-state index contributed by atoms with van der Waals surface area (Å²) in [6.07, 6.45) is 5.37. The molecular formula is C17H15N3O3. The SMILES string of the molecule is N[C@@H](Cc1ccc(Oc2nccc3ccncc23)cc1)C(=O)O. The Morgan fingerprint density at radius 3 is 2.65 bits per heavy atom. The van der Waals surface area contributed by atoms with Crippen molar-refractivity contribution in [3.05, 3.63) is 60.6 Å². The van der Waals surface area contributed by atoms with E-state index in [1.807, 2.05) is 12.1 Å². The van der Waals surface area contributed by atoms with Gasteiger partial charge in [-0.25, -0.2) is 4.98 Å². The molecular weight excluding hydrogens is 294 g/mol. The first-order chi connectivity index (χ1) is 11.1. The highest BCUT2D eigenvalue weighted by molar-refractivity contribution is 5.85. The smallest absolute Gasteiger partial charge is 0.320 e. The minimum atomic E-state index is -1.02. The second kappa shape index (κ2) is 6.41. The first-order valence-corrected chi connectivity index (χ1v) is 7.07. The Hall–Kier alpha value is -2.99. The molecule has 0 aliphatic rings. The number of pyridine rings is 2. The summed E-state index contributed by atoms with van der Waals surface area (Å²) in [6.45, 7) is 0. The molecule has 1 atom stereocenters. The molecule has 23 heavy (non-hydrogen) atoms. The van der Waals surface area contributed by atoms with Crippen LogP contribution in [-0.4, -0.2) is 27.1 Å². The Bertz CT molecular complexity index is 829. The maximum atomic E-state index is 10.8. The normalized spacial score (nSPS) is 12.0. The molecule has 116 valence electrons. The van der Waals surface area contributed by atoms with E-state index in [1.54, 1.807) is 42.9 Å². The van der Waals surface area contributed by atoms with Crippen molar-refractivity contribution < 1.29 is 14.6 Å². The van der Waals surface area contributed by atoms with Crippen LogP contribution in [0.5, 0.6) is 11.6 Å². The fourth-order valence-electron chi connectivity index (χ4n) is 2.21. The number of nitrogens with zero attached hydrogens (tertiary/aromatic N) is 2. The lowest BCUT2D eigenvalue weighted by Gasteiger charge is -2.09. The standard InChI is InChI=1S/C17H15N3O3/c18-15(17(21)22)9-11-1-3-13(4-2-11)23-16-14-10-19-7-5-12(14)6-8-20-16/h1-8,10,15H,9,18H2,(H,21,22)/t15-/m0/s1. The number of ether oxygens (including phenoxy) is 1. The number of hydrogen-bond acceptors (Lipinski definition) is 5. The van der Waals surface area contributed by atoms with Crippen molar-refractivity contribution in [2.75, 3.05) is 0 Å². The molecule has 0 bridgehead atoms. The Morgan fingerprint density at radius 2 is 1.91 bits per heavy atom. The summed E-state index contributed by atoms with van der Waals surface area (Å²) in [4.78, 5) is 19.1. The monoisotopic (exact) mass is 309 g/mol. The molecule has 0 aliphatic heterocycles. The molecule has 3 N–H and O–H groups in total. The van der Waals surface area contributed by atoms with Crippen molar-refractivity contribution in [1.29, 1.82) is 0 Å². The van der Waals surface area contributed by atoms with E-state index in [-0.39, 0.29) is 6.42 Å². The van der Waals surface area contributed by atoms with Crippen molar-refractivity contribution in [3.8, 4) is 11.6 Å². The number of carboxylic acid groups (broad SMARTS) is 1. The van der Waals surface area contributed by atoms with Gasteiger partial charge in [0.15, 0.2) is 0 Å². The molecule has 1 aromatic carbocycles. The highest BCUT2D eigenvalue weighted by Gasteiger charge is 2.12. The van der Waals surface area contributed by atoms with Crippen LogP contribution in [0.1, 0.15) is 5.56 Å². The predicted octanol–water partition coefficient (Wildman–Crippen LogP) is 2.38. The molecule has 2 heterocycles. The molecule has 6 heteroatoms. The summed E-state index contributed by atoms with van der Waals surface area (Å²) >= 11 is 0. The van der Waals surface area contributed by atoms with Gasteiger partial charge in [0.25, 0.3) is 0 Å². The molecule has 0 saturated heterocycles. The summed E-state index contributed by atoms with van der Waals surface area (Å²) in [5.41, 5.74) is 6.36. The molecule has 0 saturated carbocycles. The van der Waals surface area contributed by atoms with E-state index in [2.05, 4.69) is 9.97 Å². The number of hydrogen-bond donors (Lipinski definition) is 2. The summed E-state index contributed by atoms with van der Waals surface area (Å²) in [7, 11) is 0. The summed E-state index contributed by atoms with van der Waals surface area (Å²) in [5, 5.41) is 10.6. The highest BCUT2D eigenvalue weighted by Crippen LogP contribution is 2.27. The van der Waals surface area contributed by atoms with E-state index in [0.717, 1.165) is 16.3 Å². The topological polar surface area (TPSA) is 98.3 Å². The van der Waals surface area contributed by atoms with Gasteiger partial charge in [-0.3, -0.25) is 9.78 Å². The van der Waals surface area contributed by atoms with Crippen molar-refractivity contribution in [2.45, 2.75) is 12.5 Å². The molecule has 0 amide bonds. The predicted molar refractivity (Wildman–Crippen MR) is 85.4 cm³/mol. The van der Waals surface area contributed by atoms with Crippen molar-refractivity contribution in [1.82, 2.24) is 9.97 Å². The molecule has 0 aliphatic carbocycles. The minimum Gasteiger partial charge on any atom is -0.480 e. The third kappa shape index (κ3) is 3.44. The Kier molecular flexibility index (Phi) is 4.16. The average Bonchev–Trinajstić information content (AvgIpc) is 2.57. The molecule has 6 nitrogen and oxygen atoms in total. The van der Waals surface area contributed by atoms with E-state index in [0.29, 0.717) is 11.6 Å². The average molecular weight is 309 g/mol. The van der Waals surface area contributed by atoms with Gasteiger partial charge in [0.05, 0.1) is 5.39 Å². The lowest BCUT2D eigenvalue weighted by atomic mass is 10.1. The largest absolute Gasteiger partial charge is 0.480 e. The molecule has 0 spiro atoms. The van der Waals surface area contributed by atoms with Crippen LogP contribution in [0, 0.1) is 0 Å². The zero-order chi connectivity index (χ0) is 16.2. The molecule has 3 rings (SSSR count). The lowest BCUT2D eigenvalue weighted by molar-refractivity contribution is -0.138. The number of benzene rings is 1. The Balaban J connectivity index is 1.79. The molecule has 0 radical (unpaired) electrons. The van der Waals surface area contributed by atoms with E-state index in [1.165, 1.54) is 0 Å². The number of fused-ring (bicyclic) bond motifs is 1.